The number of hydrogen-bond acceptors (Lipinski definition) is 0. The van der Waals surface area contributed by atoms with Gasteiger partial charge in [0.15, 0.2) is 0 Å². The molecule has 58 valence electrons. The van der Waals surface area contributed by atoms with Crippen molar-refractivity contribution in [2.24, 2.45) is 0 Å². The summed E-state index contributed by atoms with van der Waals surface area (Å²) in [5.41, 5.74) is 0. The SMILES string of the molecule is O.O.O.[I][Mo]([I])([I])[I]. The zero-order valence-corrected chi connectivity index (χ0v) is 14.1. The molecule has 0 radical (unpaired) electrons. The van der Waals surface area contributed by atoms with Crippen LogP contribution in [0.4, 0.5) is 0 Å². The van der Waals surface area contributed by atoms with Gasteiger partial charge in [0, 0.05) is 0 Å². The molecule has 0 aromatic heterocycles. The molecule has 0 heterocycles. The van der Waals surface area contributed by atoms with Gasteiger partial charge in [-0.15, -0.1) is 0 Å². The summed E-state index contributed by atoms with van der Waals surface area (Å²) >= 11 is 10.1. The average Bonchev–Trinajstić information content (AvgIpc) is 0.722. The van der Waals surface area contributed by atoms with E-state index in [0.717, 1.165) is 0 Å². The van der Waals surface area contributed by atoms with Crippen molar-refractivity contribution in [2.45, 2.75) is 0 Å². The van der Waals surface area contributed by atoms with Crippen LogP contribution in [-0.2, 0) is 1.33 Å². The normalized spacial score (nSPS) is 9.50. The zero-order valence-electron chi connectivity index (χ0n) is 3.42. The predicted molar refractivity (Wildman–Crippen MR) is 66.9 cm³/mol. The maximum atomic E-state index is 2.53. The van der Waals surface area contributed by atoms with Gasteiger partial charge in [0.2, 0.25) is 0 Å². The van der Waals surface area contributed by atoms with Gasteiger partial charge in [-0.3, -0.25) is 0 Å². The van der Waals surface area contributed by atoms with Crippen LogP contribution in [-0.4, -0.2) is 16.4 Å². The zero-order chi connectivity index (χ0) is 4.50. The van der Waals surface area contributed by atoms with E-state index in [-0.39, 0.29) is 16.4 Å². The second-order valence-corrected chi connectivity index (χ2v) is 93.2. The summed E-state index contributed by atoms with van der Waals surface area (Å²) in [6.07, 6.45) is 0. The number of hydrogen-bond donors (Lipinski definition) is 0. The standard InChI is InChI=1S/4HI.Mo.3H2O/h4*1H;;3*1H2/q;;;;+4;;;/p-4. The van der Waals surface area contributed by atoms with E-state index >= 15 is 0 Å². The molecule has 0 aliphatic heterocycles. The van der Waals surface area contributed by atoms with Crippen molar-refractivity contribution in [3.05, 3.63) is 0 Å². The fourth-order valence-corrected chi connectivity index (χ4v) is 0. The first-order valence-corrected chi connectivity index (χ1v) is 24.5. The van der Waals surface area contributed by atoms with Crippen LogP contribution in [0.3, 0.4) is 0 Å². The Kier molecular flexibility index (Phi) is 29.5. The van der Waals surface area contributed by atoms with E-state index < -0.39 is 1.33 Å². The van der Waals surface area contributed by atoms with Gasteiger partial charge < -0.3 is 16.4 Å². The van der Waals surface area contributed by atoms with E-state index in [0.29, 0.717) is 0 Å². The van der Waals surface area contributed by atoms with E-state index in [1.54, 1.807) is 0 Å². The Hall–Kier alpha value is 3.49. The second-order valence-electron chi connectivity index (χ2n) is 0.350. The van der Waals surface area contributed by atoms with Crippen molar-refractivity contribution in [2.75, 3.05) is 0 Å². The van der Waals surface area contributed by atoms with Crippen LogP contribution in [0.5, 0.6) is 0 Å². The third-order valence-corrected chi connectivity index (χ3v) is 0. The van der Waals surface area contributed by atoms with Crippen molar-refractivity contribution in [3.63, 3.8) is 0 Å². The Morgan fingerprint density at radius 2 is 0.625 bits per heavy atom. The summed E-state index contributed by atoms with van der Waals surface area (Å²) in [4.78, 5) is 0. The molecule has 0 aliphatic carbocycles. The molecule has 6 N–H and O–H groups in total. The molecule has 0 spiro atoms. The quantitative estimate of drug-likeness (QED) is 0.276. The summed E-state index contributed by atoms with van der Waals surface area (Å²) in [5, 5.41) is 0. The summed E-state index contributed by atoms with van der Waals surface area (Å²) in [6, 6.07) is 0. The molecule has 0 unspecified atom stereocenters. The van der Waals surface area contributed by atoms with Crippen LogP contribution in [0.25, 0.3) is 0 Å². The summed E-state index contributed by atoms with van der Waals surface area (Å²) in [5.74, 6) is 0. The van der Waals surface area contributed by atoms with Gasteiger partial charge in [-0.1, -0.05) is 0 Å². The molecule has 0 rings (SSSR count). The predicted octanol–water partition coefficient (Wildman–Crippen LogP) is 1.07. The monoisotopic (exact) mass is 660 g/mol. The van der Waals surface area contributed by atoms with Crippen molar-refractivity contribution < 1.29 is 17.8 Å². The molecule has 0 saturated heterocycles. The molecule has 8 heteroatoms. The Bertz CT molecular complexity index is 26.8. The Labute approximate surface area is 92.5 Å². The van der Waals surface area contributed by atoms with Crippen LogP contribution in [0.2, 0.25) is 0 Å². The topological polar surface area (TPSA) is 94.5 Å². The molecule has 0 amide bonds. The first-order valence-electron chi connectivity index (χ1n) is 0.617. The van der Waals surface area contributed by atoms with Crippen LogP contribution in [0.1, 0.15) is 0 Å². The van der Waals surface area contributed by atoms with Crippen LogP contribution >= 0.6 is 77.4 Å². The fraction of sp³-hybridized carbons (Fsp3) is 0. The number of halogens is 4. The number of rotatable bonds is 0. The van der Waals surface area contributed by atoms with Crippen LogP contribution < -0.4 is 0 Å². The summed E-state index contributed by atoms with van der Waals surface area (Å²) in [6.45, 7) is 0. The van der Waals surface area contributed by atoms with E-state index in [1.807, 2.05) is 0 Å². The molecule has 0 aliphatic rings. The van der Waals surface area contributed by atoms with Gasteiger partial charge in [0.1, 0.15) is 0 Å². The van der Waals surface area contributed by atoms with E-state index in [2.05, 4.69) is 77.4 Å². The Balaban J connectivity index is -0.0000000267. The van der Waals surface area contributed by atoms with Crippen LogP contribution in [0, 0.1) is 0 Å². The van der Waals surface area contributed by atoms with Gasteiger partial charge in [-0.25, -0.2) is 0 Å². The third-order valence-electron chi connectivity index (χ3n) is 0. The van der Waals surface area contributed by atoms with Crippen molar-refractivity contribution >= 4 is 77.4 Å². The van der Waals surface area contributed by atoms with Gasteiger partial charge in [0.05, 0.1) is 0 Å². The first-order chi connectivity index (χ1) is 2.00. The molecular formula is H6I4MoO3. The molecule has 8 heavy (non-hydrogen) atoms. The van der Waals surface area contributed by atoms with E-state index in [1.165, 1.54) is 0 Å². The Morgan fingerprint density at radius 1 is 0.625 bits per heavy atom. The van der Waals surface area contributed by atoms with E-state index in [9.17, 15) is 0 Å². The van der Waals surface area contributed by atoms with Gasteiger partial charge in [-0.2, -0.15) is 0 Å². The summed E-state index contributed by atoms with van der Waals surface area (Å²) in [7, 11) is 0. The second kappa shape index (κ2) is 10.5. The molecular weight excluding hydrogens is 652 g/mol. The molecule has 0 aromatic rings. The van der Waals surface area contributed by atoms with Crippen molar-refractivity contribution in [1.82, 2.24) is 0 Å². The molecule has 0 atom stereocenters. The molecule has 0 bridgehead atoms. The van der Waals surface area contributed by atoms with Crippen LogP contribution in [0.15, 0.2) is 0 Å². The minimum atomic E-state index is -1.14. The Morgan fingerprint density at radius 3 is 0.625 bits per heavy atom. The fourth-order valence-electron chi connectivity index (χ4n) is 0. The van der Waals surface area contributed by atoms with Gasteiger partial charge >= 0.3 is 78.7 Å². The molecule has 0 fully saturated rings. The maximum absolute atomic E-state index is 2.53. The van der Waals surface area contributed by atoms with Crippen molar-refractivity contribution in [1.29, 1.82) is 0 Å². The summed E-state index contributed by atoms with van der Waals surface area (Å²) < 4.78 is -1.14. The van der Waals surface area contributed by atoms with Gasteiger partial charge in [0.25, 0.3) is 0 Å². The first kappa shape index (κ1) is 22.5. The van der Waals surface area contributed by atoms with E-state index in [4.69, 9.17) is 0 Å². The third kappa shape index (κ3) is 56.2. The van der Waals surface area contributed by atoms with Gasteiger partial charge in [-0.05, 0) is 0 Å². The average molecular weight is 658 g/mol. The molecule has 0 aromatic carbocycles. The molecule has 0 saturated carbocycles. The molecule has 3 nitrogen and oxygen atoms in total. The van der Waals surface area contributed by atoms with Crippen molar-refractivity contribution in [3.8, 4) is 0 Å². The minimum absolute atomic E-state index is 0.